The lowest BCUT2D eigenvalue weighted by molar-refractivity contribution is 0.0783. The minimum atomic E-state index is 0.0376. The maximum atomic E-state index is 12.8. The fraction of sp³-hybridized carbons (Fsp3) is 0.316. The smallest absolute Gasteiger partial charge is 0.253 e. The Balaban J connectivity index is 1.86. The van der Waals surface area contributed by atoms with Crippen molar-refractivity contribution < 1.29 is 4.79 Å². The number of rotatable bonds is 3. The fourth-order valence-corrected chi connectivity index (χ4v) is 3.06. The Morgan fingerprint density at radius 1 is 1.33 bits per heavy atom. The molecule has 0 N–H and O–H groups in total. The molecule has 1 atom stereocenters. The number of hydrogen-bond donors (Lipinski definition) is 0. The van der Waals surface area contributed by atoms with Crippen LogP contribution in [0, 0.1) is 11.3 Å². The third kappa shape index (κ3) is 3.15. The minimum absolute atomic E-state index is 0.0376. The lowest BCUT2D eigenvalue weighted by atomic mass is 10.0. The number of likely N-dealkylation sites (tertiary alicyclic amines) is 1. The van der Waals surface area contributed by atoms with Gasteiger partial charge in [0.05, 0.1) is 11.3 Å². The van der Waals surface area contributed by atoms with Crippen LogP contribution in [0.3, 0.4) is 0 Å². The number of aromatic nitrogens is 1. The largest absolute Gasteiger partial charge is 0.337 e. The Hall–Kier alpha value is -2.71. The van der Waals surface area contributed by atoms with Crippen molar-refractivity contribution in [3.8, 4) is 17.3 Å². The van der Waals surface area contributed by atoms with Gasteiger partial charge >= 0.3 is 0 Å². The number of carbonyl (C=O) groups excluding carboxylic acids is 1. The molecule has 0 saturated carbocycles. The number of hydrogen-bond acceptors (Lipinski definition) is 4. The topological polar surface area (TPSA) is 60.2 Å². The summed E-state index contributed by atoms with van der Waals surface area (Å²) in [7, 11) is 4.09. The van der Waals surface area contributed by atoms with Crippen LogP contribution in [0.5, 0.6) is 0 Å². The van der Waals surface area contributed by atoms with E-state index in [0.29, 0.717) is 22.9 Å². The number of nitrogens with zero attached hydrogens (tertiary/aromatic N) is 4. The van der Waals surface area contributed by atoms with E-state index >= 15 is 0 Å². The average molecular weight is 320 g/mol. The van der Waals surface area contributed by atoms with Crippen molar-refractivity contribution >= 4 is 5.91 Å². The van der Waals surface area contributed by atoms with Crippen LogP contribution in [0.15, 0.2) is 42.6 Å². The molecule has 5 heteroatoms. The SMILES string of the molecule is CN(C)C1CCN(C(=O)c2cccc(-c3ncccc3C#N)c2)C1. The summed E-state index contributed by atoms with van der Waals surface area (Å²) in [6.07, 6.45) is 2.66. The highest BCUT2D eigenvalue weighted by Gasteiger charge is 2.28. The van der Waals surface area contributed by atoms with E-state index in [2.05, 4.69) is 16.0 Å². The maximum Gasteiger partial charge on any atom is 0.253 e. The van der Waals surface area contributed by atoms with E-state index in [4.69, 9.17) is 0 Å². The highest BCUT2D eigenvalue weighted by Crippen LogP contribution is 2.23. The Bertz CT molecular complexity index is 794. The molecule has 0 bridgehead atoms. The Morgan fingerprint density at radius 3 is 2.88 bits per heavy atom. The number of nitriles is 1. The number of likely N-dealkylation sites (N-methyl/N-ethyl adjacent to an activating group) is 1. The molecule has 2 aromatic rings. The molecule has 1 unspecified atom stereocenters. The first kappa shape index (κ1) is 16.2. The van der Waals surface area contributed by atoms with Crippen LogP contribution >= 0.6 is 0 Å². The van der Waals surface area contributed by atoms with Gasteiger partial charge in [-0.1, -0.05) is 12.1 Å². The quantitative estimate of drug-likeness (QED) is 0.871. The zero-order valence-corrected chi connectivity index (χ0v) is 13.9. The van der Waals surface area contributed by atoms with Gasteiger partial charge in [0.2, 0.25) is 0 Å². The van der Waals surface area contributed by atoms with Crippen LogP contribution in [0.25, 0.3) is 11.3 Å². The van der Waals surface area contributed by atoms with Gasteiger partial charge in [-0.05, 0) is 44.8 Å². The monoisotopic (exact) mass is 320 g/mol. The van der Waals surface area contributed by atoms with Crippen molar-refractivity contribution in [2.75, 3.05) is 27.2 Å². The van der Waals surface area contributed by atoms with E-state index in [9.17, 15) is 10.1 Å². The van der Waals surface area contributed by atoms with E-state index in [1.54, 1.807) is 18.3 Å². The summed E-state index contributed by atoms with van der Waals surface area (Å²) >= 11 is 0. The van der Waals surface area contributed by atoms with Crippen LogP contribution in [0.1, 0.15) is 22.3 Å². The first-order valence-electron chi connectivity index (χ1n) is 8.01. The second kappa shape index (κ2) is 6.81. The molecule has 2 heterocycles. The van der Waals surface area contributed by atoms with E-state index in [1.165, 1.54) is 0 Å². The maximum absolute atomic E-state index is 12.8. The van der Waals surface area contributed by atoms with Gasteiger partial charge in [0.1, 0.15) is 6.07 Å². The molecule has 1 amide bonds. The van der Waals surface area contributed by atoms with Crippen molar-refractivity contribution in [1.29, 1.82) is 5.26 Å². The molecule has 1 aliphatic heterocycles. The Labute approximate surface area is 142 Å². The van der Waals surface area contributed by atoms with Gasteiger partial charge in [0.25, 0.3) is 5.91 Å². The molecule has 1 aliphatic rings. The molecule has 24 heavy (non-hydrogen) atoms. The summed E-state index contributed by atoms with van der Waals surface area (Å²) in [5.41, 5.74) is 2.56. The molecule has 1 aromatic carbocycles. The molecule has 1 aromatic heterocycles. The zero-order valence-electron chi connectivity index (χ0n) is 13.9. The molecule has 1 fully saturated rings. The highest BCUT2D eigenvalue weighted by atomic mass is 16.2. The molecule has 1 saturated heterocycles. The summed E-state index contributed by atoms with van der Waals surface area (Å²) in [4.78, 5) is 21.1. The third-order valence-corrected chi connectivity index (χ3v) is 4.49. The number of pyridine rings is 1. The lowest BCUT2D eigenvalue weighted by Crippen LogP contribution is -2.34. The van der Waals surface area contributed by atoms with Gasteiger partial charge in [-0.3, -0.25) is 9.78 Å². The predicted molar refractivity (Wildman–Crippen MR) is 92.4 cm³/mol. The van der Waals surface area contributed by atoms with Crippen LogP contribution in [0.2, 0.25) is 0 Å². The van der Waals surface area contributed by atoms with Gasteiger partial charge in [-0.25, -0.2) is 0 Å². The lowest BCUT2D eigenvalue weighted by Gasteiger charge is -2.20. The molecule has 3 rings (SSSR count). The van der Waals surface area contributed by atoms with E-state index in [1.807, 2.05) is 43.3 Å². The number of carbonyl (C=O) groups is 1. The van der Waals surface area contributed by atoms with Crippen molar-refractivity contribution in [2.24, 2.45) is 0 Å². The van der Waals surface area contributed by atoms with Crippen LogP contribution < -0.4 is 0 Å². The predicted octanol–water partition coefficient (Wildman–Crippen LogP) is 2.40. The minimum Gasteiger partial charge on any atom is -0.337 e. The Morgan fingerprint density at radius 2 is 2.17 bits per heavy atom. The molecular weight excluding hydrogens is 300 g/mol. The summed E-state index contributed by atoms with van der Waals surface area (Å²) in [6, 6.07) is 13.4. The fourth-order valence-electron chi connectivity index (χ4n) is 3.06. The van der Waals surface area contributed by atoms with E-state index in [-0.39, 0.29) is 5.91 Å². The summed E-state index contributed by atoms with van der Waals surface area (Å²) in [5.74, 6) is 0.0376. The van der Waals surface area contributed by atoms with Crippen molar-refractivity contribution in [2.45, 2.75) is 12.5 Å². The Kier molecular flexibility index (Phi) is 4.59. The first-order valence-corrected chi connectivity index (χ1v) is 8.01. The second-order valence-corrected chi connectivity index (χ2v) is 6.25. The zero-order chi connectivity index (χ0) is 17.1. The molecule has 0 aliphatic carbocycles. The standard InChI is InChI=1S/C19H20N4O/c1-22(2)17-8-10-23(13-17)19(24)15-6-3-5-14(11-15)18-16(12-20)7-4-9-21-18/h3-7,9,11,17H,8,10,13H2,1-2H3. The van der Waals surface area contributed by atoms with Crippen molar-refractivity contribution in [3.63, 3.8) is 0 Å². The van der Waals surface area contributed by atoms with Crippen LogP contribution in [-0.4, -0.2) is 53.9 Å². The van der Waals surface area contributed by atoms with Crippen molar-refractivity contribution in [3.05, 3.63) is 53.7 Å². The molecule has 122 valence electrons. The van der Waals surface area contributed by atoms with Gasteiger partial charge in [-0.2, -0.15) is 5.26 Å². The normalized spacial score (nSPS) is 17.1. The highest BCUT2D eigenvalue weighted by molar-refractivity contribution is 5.95. The summed E-state index contributed by atoms with van der Waals surface area (Å²) < 4.78 is 0. The summed E-state index contributed by atoms with van der Waals surface area (Å²) in [5, 5.41) is 9.24. The number of amides is 1. The molecule has 5 nitrogen and oxygen atoms in total. The van der Waals surface area contributed by atoms with Gasteiger partial charge < -0.3 is 9.80 Å². The van der Waals surface area contributed by atoms with E-state index < -0.39 is 0 Å². The number of benzene rings is 1. The van der Waals surface area contributed by atoms with Gasteiger partial charge in [0, 0.05) is 36.5 Å². The molecule has 0 radical (unpaired) electrons. The van der Waals surface area contributed by atoms with Crippen LogP contribution in [0.4, 0.5) is 0 Å². The average Bonchev–Trinajstić information content (AvgIpc) is 3.11. The second-order valence-electron chi connectivity index (χ2n) is 6.25. The molecule has 0 spiro atoms. The summed E-state index contributed by atoms with van der Waals surface area (Å²) in [6.45, 7) is 1.53. The molecular formula is C19H20N4O. The van der Waals surface area contributed by atoms with Crippen molar-refractivity contribution in [1.82, 2.24) is 14.8 Å². The van der Waals surface area contributed by atoms with Gasteiger partial charge in [-0.15, -0.1) is 0 Å². The van der Waals surface area contributed by atoms with Gasteiger partial charge in [0.15, 0.2) is 0 Å². The van der Waals surface area contributed by atoms with E-state index in [0.717, 1.165) is 25.1 Å². The van der Waals surface area contributed by atoms with Crippen LogP contribution in [-0.2, 0) is 0 Å². The first-order chi connectivity index (χ1) is 11.6. The third-order valence-electron chi connectivity index (χ3n) is 4.49.